The minimum absolute atomic E-state index is 0.0283. The molecule has 1 aliphatic rings. The van der Waals surface area contributed by atoms with Crippen LogP contribution in [0.15, 0.2) is 64.6 Å². The van der Waals surface area contributed by atoms with Crippen LogP contribution in [0.2, 0.25) is 0 Å². The quantitative estimate of drug-likeness (QED) is 0.643. The van der Waals surface area contributed by atoms with Crippen molar-refractivity contribution < 1.29 is 27.5 Å². The third-order valence-electron chi connectivity index (χ3n) is 4.37. The third kappa shape index (κ3) is 5.53. The first-order valence-electron chi connectivity index (χ1n) is 9.25. The molecule has 1 aliphatic heterocycles. The van der Waals surface area contributed by atoms with Crippen molar-refractivity contribution >= 4 is 44.9 Å². The lowest BCUT2D eigenvalue weighted by molar-refractivity contribution is -0.146. The molecule has 0 spiro atoms. The molecular weight excluding hydrogens is 424 g/mol. The van der Waals surface area contributed by atoms with Gasteiger partial charge in [-0.15, -0.1) is 0 Å². The standard InChI is InChI=1S/C20H20N4O6S/c1-13(19(26)22-14-7-9-16(10-8-14)31(21,28)29)30-20(27)17-11-12-18(25)24(23-17)15-5-3-2-4-6-15/h2-10,13H,11-12H2,1H3,(H,22,26)(H2,21,28,29). The zero-order valence-corrected chi connectivity index (χ0v) is 17.3. The molecule has 1 atom stereocenters. The van der Waals surface area contributed by atoms with E-state index in [2.05, 4.69) is 10.4 Å². The maximum Gasteiger partial charge on any atom is 0.355 e. The highest BCUT2D eigenvalue weighted by molar-refractivity contribution is 7.89. The van der Waals surface area contributed by atoms with Crippen molar-refractivity contribution in [3.63, 3.8) is 0 Å². The van der Waals surface area contributed by atoms with Crippen LogP contribution in [0.5, 0.6) is 0 Å². The molecule has 2 aromatic rings. The zero-order valence-electron chi connectivity index (χ0n) is 16.5. The molecule has 162 valence electrons. The van der Waals surface area contributed by atoms with Gasteiger partial charge >= 0.3 is 5.97 Å². The van der Waals surface area contributed by atoms with E-state index in [0.717, 1.165) is 5.01 Å². The average molecular weight is 444 g/mol. The van der Waals surface area contributed by atoms with E-state index < -0.39 is 28.0 Å². The van der Waals surface area contributed by atoms with Crippen molar-refractivity contribution in [3.05, 3.63) is 54.6 Å². The SMILES string of the molecule is CC(OC(=O)C1=NN(c2ccccc2)C(=O)CC1)C(=O)Nc1ccc(S(N)(=O)=O)cc1. The van der Waals surface area contributed by atoms with Gasteiger partial charge in [0, 0.05) is 18.5 Å². The number of benzene rings is 2. The van der Waals surface area contributed by atoms with E-state index in [1.807, 2.05) is 0 Å². The zero-order chi connectivity index (χ0) is 22.6. The molecule has 0 aromatic heterocycles. The molecule has 0 fully saturated rings. The van der Waals surface area contributed by atoms with Gasteiger partial charge in [0.2, 0.25) is 15.9 Å². The van der Waals surface area contributed by atoms with Crippen LogP contribution >= 0.6 is 0 Å². The summed E-state index contributed by atoms with van der Waals surface area (Å²) in [5.41, 5.74) is 0.850. The Bertz CT molecular complexity index is 1130. The maximum absolute atomic E-state index is 12.5. The first-order valence-corrected chi connectivity index (χ1v) is 10.8. The summed E-state index contributed by atoms with van der Waals surface area (Å²) in [5, 5.41) is 12.8. The summed E-state index contributed by atoms with van der Waals surface area (Å²) in [6.07, 6.45) is -0.972. The number of hydrogen-bond donors (Lipinski definition) is 2. The molecule has 0 aliphatic carbocycles. The minimum atomic E-state index is -3.84. The predicted molar refractivity (Wildman–Crippen MR) is 113 cm³/mol. The second-order valence-electron chi connectivity index (χ2n) is 6.69. The van der Waals surface area contributed by atoms with Crippen LogP contribution in [0, 0.1) is 0 Å². The largest absolute Gasteiger partial charge is 0.448 e. The third-order valence-corrected chi connectivity index (χ3v) is 5.30. The Labute approximate surface area is 178 Å². The highest BCUT2D eigenvalue weighted by Gasteiger charge is 2.28. The van der Waals surface area contributed by atoms with Crippen LogP contribution in [0.3, 0.4) is 0 Å². The molecule has 2 aromatic carbocycles. The Balaban J connectivity index is 1.64. The van der Waals surface area contributed by atoms with E-state index in [1.165, 1.54) is 31.2 Å². The van der Waals surface area contributed by atoms with Gasteiger partial charge < -0.3 is 10.1 Å². The first-order chi connectivity index (χ1) is 14.6. The number of primary sulfonamides is 1. The summed E-state index contributed by atoms with van der Waals surface area (Å²) in [4.78, 5) is 36.8. The van der Waals surface area contributed by atoms with Crippen LogP contribution in [0.1, 0.15) is 19.8 Å². The number of carbonyl (C=O) groups excluding carboxylic acids is 3. The number of nitrogens with zero attached hydrogens (tertiary/aromatic N) is 2. The number of amides is 2. The molecule has 0 radical (unpaired) electrons. The number of sulfonamides is 1. The first kappa shape index (κ1) is 22.1. The Morgan fingerprint density at radius 2 is 1.74 bits per heavy atom. The lowest BCUT2D eigenvalue weighted by atomic mass is 10.1. The minimum Gasteiger partial charge on any atom is -0.448 e. The Kier molecular flexibility index (Phi) is 6.47. The van der Waals surface area contributed by atoms with Crippen molar-refractivity contribution in [3.8, 4) is 0 Å². The van der Waals surface area contributed by atoms with E-state index in [-0.39, 0.29) is 29.4 Å². The van der Waals surface area contributed by atoms with Gasteiger partial charge in [0.05, 0.1) is 10.6 Å². The van der Waals surface area contributed by atoms with Crippen LogP contribution in [0.4, 0.5) is 11.4 Å². The van der Waals surface area contributed by atoms with Gasteiger partial charge in [0.1, 0.15) is 5.71 Å². The Hall–Kier alpha value is -3.57. The molecule has 11 heteroatoms. The van der Waals surface area contributed by atoms with E-state index >= 15 is 0 Å². The predicted octanol–water partition coefficient (Wildman–Crippen LogP) is 1.39. The van der Waals surface area contributed by atoms with E-state index in [1.54, 1.807) is 30.3 Å². The fraction of sp³-hybridized carbons (Fsp3) is 0.200. The molecule has 3 N–H and O–H groups in total. The molecule has 10 nitrogen and oxygen atoms in total. The number of ether oxygens (including phenoxy) is 1. The number of para-hydroxylation sites is 1. The molecule has 1 unspecified atom stereocenters. The van der Waals surface area contributed by atoms with Gasteiger partial charge in [-0.25, -0.2) is 23.4 Å². The smallest absolute Gasteiger partial charge is 0.355 e. The Morgan fingerprint density at radius 1 is 1.10 bits per heavy atom. The second-order valence-corrected chi connectivity index (χ2v) is 8.26. The normalized spacial score (nSPS) is 15.1. The molecule has 0 saturated carbocycles. The van der Waals surface area contributed by atoms with Gasteiger partial charge in [0.25, 0.3) is 5.91 Å². The van der Waals surface area contributed by atoms with E-state index in [4.69, 9.17) is 9.88 Å². The number of nitrogens with two attached hydrogens (primary N) is 1. The topological polar surface area (TPSA) is 148 Å². The monoisotopic (exact) mass is 444 g/mol. The van der Waals surface area contributed by atoms with Gasteiger partial charge in [0.15, 0.2) is 6.10 Å². The van der Waals surface area contributed by atoms with Crippen LogP contribution < -0.4 is 15.5 Å². The number of nitrogens with one attached hydrogen (secondary N) is 1. The van der Waals surface area contributed by atoms with E-state index in [9.17, 15) is 22.8 Å². The van der Waals surface area contributed by atoms with E-state index in [0.29, 0.717) is 11.4 Å². The lowest BCUT2D eigenvalue weighted by Crippen LogP contribution is -2.37. The maximum atomic E-state index is 12.5. The Morgan fingerprint density at radius 3 is 2.35 bits per heavy atom. The fourth-order valence-electron chi connectivity index (χ4n) is 2.73. The summed E-state index contributed by atoms with van der Waals surface area (Å²) >= 11 is 0. The number of hydrazone groups is 1. The van der Waals surface area contributed by atoms with Crippen molar-refractivity contribution in [1.82, 2.24) is 0 Å². The molecule has 0 saturated heterocycles. The van der Waals surface area contributed by atoms with Crippen molar-refractivity contribution in [2.24, 2.45) is 10.2 Å². The summed E-state index contributed by atoms with van der Waals surface area (Å²) in [7, 11) is -3.84. The second kappa shape index (κ2) is 9.06. The van der Waals surface area contributed by atoms with Gasteiger partial charge in [-0.05, 0) is 43.3 Å². The van der Waals surface area contributed by atoms with Crippen LogP contribution in [0.25, 0.3) is 0 Å². The highest BCUT2D eigenvalue weighted by Crippen LogP contribution is 2.20. The molecule has 1 heterocycles. The van der Waals surface area contributed by atoms with Gasteiger partial charge in [-0.3, -0.25) is 9.59 Å². The van der Waals surface area contributed by atoms with Crippen LogP contribution in [-0.4, -0.2) is 38.0 Å². The number of hydrogen-bond acceptors (Lipinski definition) is 7. The van der Waals surface area contributed by atoms with Gasteiger partial charge in [-0.2, -0.15) is 5.10 Å². The number of carbonyl (C=O) groups is 3. The summed E-state index contributed by atoms with van der Waals surface area (Å²) in [6, 6.07) is 13.9. The van der Waals surface area contributed by atoms with Crippen molar-refractivity contribution in [1.29, 1.82) is 0 Å². The number of rotatable bonds is 6. The summed E-state index contributed by atoms with van der Waals surface area (Å²) in [6.45, 7) is 1.38. The summed E-state index contributed by atoms with van der Waals surface area (Å²) in [5.74, 6) is -1.68. The molecule has 31 heavy (non-hydrogen) atoms. The fourth-order valence-corrected chi connectivity index (χ4v) is 3.24. The van der Waals surface area contributed by atoms with Crippen molar-refractivity contribution in [2.45, 2.75) is 30.8 Å². The lowest BCUT2D eigenvalue weighted by Gasteiger charge is -2.23. The molecule has 2 amide bonds. The molecule has 0 bridgehead atoms. The average Bonchev–Trinajstić information content (AvgIpc) is 2.74. The summed E-state index contributed by atoms with van der Waals surface area (Å²) < 4.78 is 27.7. The molecule has 3 rings (SSSR count). The highest BCUT2D eigenvalue weighted by atomic mass is 32.2. The van der Waals surface area contributed by atoms with Crippen molar-refractivity contribution in [2.75, 3.05) is 10.3 Å². The van der Waals surface area contributed by atoms with Gasteiger partial charge in [-0.1, -0.05) is 18.2 Å². The number of anilines is 2. The molecular formula is C20H20N4O6S. The van der Waals surface area contributed by atoms with Crippen LogP contribution in [-0.2, 0) is 29.1 Å². The number of esters is 1.